The molecule has 2 aromatic carbocycles. The summed E-state index contributed by atoms with van der Waals surface area (Å²) in [7, 11) is 3.14. The molecule has 0 spiro atoms. The van der Waals surface area contributed by atoms with E-state index in [1.807, 2.05) is 24.3 Å². The molecule has 2 amide bonds. The lowest BCUT2D eigenvalue weighted by Crippen LogP contribution is -2.35. The van der Waals surface area contributed by atoms with Gasteiger partial charge in [-0.25, -0.2) is 4.68 Å². The maximum atomic E-state index is 12.9. The smallest absolute Gasteiger partial charge is 0.249 e. The molecular weight excluding hydrogens is 372 g/mol. The molecule has 148 valence electrons. The Labute approximate surface area is 167 Å². The van der Waals surface area contributed by atoms with Gasteiger partial charge >= 0.3 is 0 Å². The minimum Gasteiger partial charge on any atom is -0.497 e. The summed E-state index contributed by atoms with van der Waals surface area (Å²) in [6, 6.07) is 13.7. The molecule has 8 nitrogen and oxygen atoms in total. The maximum Gasteiger partial charge on any atom is 0.249 e. The van der Waals surface area contributed by atoms with Crippen molar-refractivity contribution in [2.45, 2.75) is 12.5 Å². The van der Waals surface area contributed by atoms with Crippen LogP contribution in [-0.2, 0) is 9.59 Å². The van der Waals surface area contributed by atoms with Gasteiger partial charge in [-0.1, -0.05) is 24.3 Å². The van der Waals surface area contributed by atoms with Crippen molar-refractivity contribution < 1.29 is 19.1 Å². The molecule has 0 fully saturated rings. The first-order chi connectivity index (χ1) is 14.1. The van der Waals surface area contributed by atoms with Gasteiger partial charge in [0.05, 0.1) is 26.8 Å². The zero-order valence-corrected chi connectivity index (χ0v) is 16.0. The van der Waals surface area contributed by atoms with E-state index in [1.54, 1.807) is 49.4 Å². The first-order valence-electron chi connectivity index (χ1n) is 9.06. The highest BCUT2D eigenvalue weighted by Crippen LogP contribution is 2.38. The van der Waals surface area contributed by atoms with Gasteiger partial charge < -0.3 is 20.1 Å². The number of aromatic nitrogens is 2. The van der Waals surface area contributed by atoms with Gasteiger partial charge in [0.1, 0.15) is 23.4 Å². The number of para-hydroxylation sites is 1. The van der Waals surface area contributed by atoms with Crippen LogP contribution in [-0.4, -0.2) is 35.8 Å². The van der Waals surface area contributed by atoms with Crippen molar-refractivity contribution >= 4 is 23.3 Å². The van der Waals surface area contributed by atoms with Crippen molar-refractivity contribution in [1.82, 2.24) is 9.78 Å². The predicted molar refractivity (Wildman–Crippen MR) is 108 cm³/mol. The maximum absolute atomic E-state index is 12.9. The highest BCUT2D eigenvalue weighted by Gasteiger charge is 2.33. The largest absolute Gasteiger partial charge is 0.497 e. The fraction of sp³-hybridized carbons (Fsp3) is 0.190. The fourth-order valence-corrected chi connectivity index (χ4v) is 3.36. The number of rotatable bonds is 5. The van der Waals surface area contributed by atoms with Crippen LogP contribution >= 0.6 is 0 Å². The van der Waals surface area contributed by atoms with Crippen LogP contribution in [0.3, 0.4) is 0 Å². The summed E-state index contributed by atoms with van der Waals surface area (Å²) in [4.78, 5) is 25.3. The molecule has 1 aliphatic heterocycles. The third-order valence-corrected chi connectivity index (χ3v) is 4.76. The molecule has 0 radical (unpaired) electrons. The van der Waals surface area contributed by atoms with Crippen molar-refractivity contribution in [2.75, 3.05) is 24.9 Å². The number of fused-ring (bicyclic) bond motifs is 1. The third-order valence-electron chi connectivity index (χ3n) is 4.76. The van der Waals surface area contributed by atoms with Gasteiger partial charge in [-0.15, -0.1) is 0 Å². The average Bonchev–Trinajstić information content (AvgIpc) is 3.16. The van der Waals surface area contributed by atoms with Crippen LogP contribution in [0.15, 0.2) is 54.7 Å². The van der Waals surface area contributed by atoms with Crippen LogP contribution in [0.4, 0.5) is 11.5 Å². The number of hydrogen-bond donors (Lipinski definition) is 2. The van der Waals surface area contributed by atoms with Gasteiger partial charge in [0.15, 0.2) is 0 Å². The normalized spacial score (nSPS) is 15.2. The van der Waals surface area contributed by atoms with Crippen LogP contribution in [0.5, 0.6) is 11.5 Å². The zero-order chi connectivity index (χ0) is 20.4. The fourth-order valence-electron chi connectivity index (χ4n) is 3.36. The molecule has 1 aliphatic rings. The summed E-state index contributed by atoms with van der Waals surface area (Å²) in [6.45, 7) is 0. The van der Waals surface area contributed by atoms with Crippen molar-refractivity contribution in [3.63, 3.8) is 0 Å². The van der Waals surface area contributed by atoms with Crippen molar-refractivity contribution in [2.24, 2.45) is 0 Å². The van der Waals surface area contributed by atoms with Gasteiger partial charge in [0.25, 0.3) is 0 Å². The van der Waals surface area contributed by atoms with Gasteiger partial charge in [0, 0.05) is 22.9 Å². The molecule has 1 atom stereocenters. The highest BCUT2D eigenvalue weighted by molar-refractivity contribution is 6.03. The second-order valence-corrected chi connectivity index (χ2v) is 6.54. The molecule has 3 aromatic rings. The second kappa shape index (κ2) is 7.67. The van der Waals surface area contributed by atoms with E-state index in [4.69, 9.17) is 9.47 Å². The van der Waals surface area contributed by atoms with Crippen molar-refractivity contribution in [3.8, 4) is 22.6 Å². The zero-order valence-electron chi connectivity index (χ0n) is 16.0. The Morgan fingerprint density at radius 1 is 1.14 bits per heavy atom. The number of benzene rings is 2. The molecule has 0 bridgehead atoms. The Hall–Kier alpha value is -3.81. The SMILES string of the molecule is COc1cccc(NC(=O)[C@H]2CC(=O)Nc3c(-c4ccccc4OC)cnn32)c1. The van der Waals surface area contributed by atoms with Crippen molar-refractivity contribution in [3.05, 3.63) is 54.7 Å². The first-order valence-corrected chi connectivity index (χ1v) is 9.06. The van der Waals surface area contributed by atoms with E-state index in [0.29, 0.717) is 28.6 Å². The number of ether oxygens (including phenoxy) is 2. The van der Waals surface area contributed by atoms with E-state index in [1.165, 1.54) is 0 Å². The quantitative estimate of drug-likeness (QED) is 0.696. The number of amides is 2. The number of carbonyl (C=O) groups excluding carboxylic acids is 2. The molecule has 0 unspecified atom stereocenters. The molecule has 29 heavy (non-hydrogen) atoms. The van der Waals surface area contributed by atoms with Crippen molar-refractivity contribution in [1.29, 1.82) is 0 Å². The lowest BCUT2D eigenvalue weighted by molar-refractivity contribution is -0.125. The average molecular weight is 392 g/mol. The summed E-state index contributed by atoms with van der Waals surface area (Å²) < 4.78 is 12.1. The number of nitrogens with one attached hydrogen (secondary N) is 2. The molecule has 0 aliphatic carbocycles. The first kappa shape index (κ1) is 18.5. The molecule has 2 N–H and O–H groups in total. The Bertz CT molecular complexity index is 1080. The number of nitrogens with zero attached hydrogens (tertiary/aromatic N) is 2. The second-order valence-electron chi connectivity index (χ2n) is 6.54. The number of carbonyl (C=O) groups is 2. The molecular formula is C21H20N4O4. The summed E-state index contributed by atoms with van der Waals surface area (Å²) >= 11 is 0. The van der Waals surface area contributed by atoms with Gasteiger partial charge in [-0.3, -0.25) is 9.59 Å². The number of hydrogen-bond acceptors (Lipinski definition) is 5. The predicted octanol–water partition coefficient (Wildman–Crippen LogP) is 3.09. The topological polar surface area (TPSA) is 94.5 Å². The van der Waals surface area contributed by atoms with Crippen LogP contribution in [0.2, 0.25) is 0 Å². The monoisotopic (exact) mass is 392 g/mol. The Balaban J connectivity index is 1.67. The van der Waals surface area contributed by atoms with E-state index < -0.39 is 6.04 Å². The molecule has 2 heterocycles. The third kappa shape index (κ3) is 3.52. The lowest BCUT2D eigenvalue weighted by Gasteiger charge is -2.24. The summed E-state index contributed by atoms with van der Waals surface area (Å²) in [6.07, 6.45) is 1.63. The standard InChI is InChI=1S/C21H20N4O4/c1-28-14-7-5-6-13(10-14)23-21(27)17-11-19(26)24-20-16(12-22-25(17)20)15-8-3-4-9-18(15)29-2/h3-10,12,17H,11H2,1-2H3,(H,23,27)(H,24,26)/t17-/m1/s1. The van der Waals surface area contributed by atoms with E-state index in [2.05, 4.69) is 15.7 Å². The summed E-state index contributed by atoms with van der Waals surface area (Å²) in [5.74, 6) is 1.17. The molecule has 4 rings (SSSR count). The Morgan fingerprint density at radius 3 is 2.76 bits per heavy atom. The molecule has 1 aromatic heterocycles. The highest BCUT2D eigenvalue weighted by atomic mass is 16.5. The van der Waals surface area contributed by atoms with E-state index in [0.717, 1.165) is 5.56 Å². The molecule has 8 heteroatoms. The van der Waals surface area contributed by atoms with Gasteiger partial charge in [-0.2, -0.15) is 5.10 Å². The minimum absolute atomic E-state index is 0.00412. The van der Waals surface area contributed by atoms with E-state index in [9.17, 15) is 9.59 Å². The van der Waals surface area contributed by atoms with Crippen LogP contribution in [0.25, 0.3) is 11.1 Å². The number of anilines is 2. The minimum atomic E-state index is -0.770. The van der Waals surface area contributed by atoms with E-state index in [-0.39, 0.29) is 18.2 Å². The van der Waals surface area contributed by atoms with Crippen LogP contribution < -0.4 is 20.1 Å². The van der Waals surface area contributed by atoms with Gasteiger partial charge in [0.2, 0.25) is 11.8 Å². The van der Waals surface area contributed by atoms with Gasteiger partial charge in [-0.05, 0) is 18.2 Å². The summed E-state index contributed by atoms with van der Waals surface area (Å²) in [5.41, 5.74) is 2.05. The van der Waals surface area contributed by atoms with E-state index >= 15 is 0 Å². The Kier molecular flexibility index (Phi) is 4.90. The lowest BCUT2D eigenvalue weighted by atomic mass is 10.1. The van der Waals surface area contributed by atoms with Crippen LogP contribution in [0.1, 0.15) is 12.5 Å². The molecule has 0 saturated carbocycles. The molecule has 0 saturated heterocycles. The summed E-state index contributed by atoms with van der Waals surface area (Å²) in [5, 5.41) is 10.0. The Morgan fingerprint density at radius 2 is 1.97 bits per heavy atom. The number of methoxy groups -OCH3 is 2. The van der Waals surface area contributed by atoms with Crippen LogP contribution in [0, 0.1) is 0 Å².